The van der Waals surface area contributed by atoms with Crippen molar-refractivity contribution >= 4 is 53.2 Å². The quantitative estimate of drug-likeness (QED) is 0.453. The molecule has 188 valence electrons. The Hall–Kier alpha value is -2.91. The highest BCUT2D eigenvalue weighted by molar-refractivity contribution is 6.40. The Morgan fingerprint density at radius 2 is 2.00 bits per heavy atom. The number of rotatable bonds is 4. The Bertz CT molecular complexity index is 1240. The number of aliphatic imine (C=N–C) groups is 2. The minimum atomic E-state index is -0.301. The number of hydrogen-bond donors (Lipinski definition) is 1. The van der Waals surface area contributed by atoms with Gasteiger partial charge in [0.25, 0.3) is 5.91 Å². The molecule has 2 aromatic rings. The van der Waals surface area contributed by atoms with Gasteiger partial charge in [0.1, 0.15) is 0 Å². The van der Waals surface area contributed by atoms with Gasteiger partial charge in [0.05, 0.1) is 27.9 Å². The van der Waals surface area contributed by atoms with Crippen LogP contribution in [0.3, 0.4) is 0 Å². The van der Waals surface area contributed by atoms with E-state index >= 15 is 0 Å². The predicted octanol–water partition coefficient (Wildman–Crippen LogP) is 4.86. The van der Waals surface area contributed by atoms with Gasteiger partial charge >= 0.3 is 0 Å². The summed E-state index contributed by atoms with van der Waals surface area (Å²) in [6.45, 7) is 8.80. The highest BCUT2D eigenvalue weighted by Gasteiger charge is 2.30. The first-order chi connectivity index (χ1) is 17.4. The zero-order valence-corrected chi connectivity index (χ0v) is 21.5. The molecule has 0 spiro atoms. The number of ether oxygens (including phenoxy) is 2. The molecule has 0 bridgehead atoms. The van der Waals surface area contributed by atoms with E-state index in [9.17, 15) is 4.79 Å². The number of benzene rings is 2. The van der Waals surface area contributed by atoms with Gasteiger partial charge < -0.3 is 14.8 Å². The zero-order chi connectivity index (χ0) is 25.2. The Morgan fingerprint density at radius 1 is 1.19 bits per heavy atom. The average molecular weight is 528 g/mol. The second-order valence-corrected chi connectivity index (χ2v) is 9.76. The van der Waals surface area contributed by atoms with Crippen LogP contribution >= 0.6 is 23.2 Å². The van der Waals surface area contributed by atoms with E-state index in [0.717, 1.165) is 44.8 Å². The molecule has 2 aromatic carbocycles. The molecule has 1 unspecified atom stereocenters. The fourth-order valence-corrected chi connectivity index (χ4v) is 5.32. The van der Waals surface area contributed by atoms with Crippen molar-refractivity contribution in [2.24, 2.45) is 9.98 Å². The first-order valence-corrected chi connectivity index (χ1v) is 12.6. The van der Waals surface area contributed by atoms with Crippen molar-refractivity contribution < 1.29 is 14.3 Å². The number of nitrogens with zero attached hydrogens (tertiary/aromatic N) is 4. The lowest BCUT2D eigenvalue weighted by molar-refractivity contribution is -0.117. The number of para-hydroxylation sites is 1. The molecule has 1 fully saturated rings. The van der Waals surface area contributed by atoms with Crippen LogP contribution in [0.2, 0.25) is 10.0 Å². The zero-order valence-electron chi connectivity index (χ0n) is 20.0. The number of nitrogens with one attached hydrogen (secondary N) is 1. The normalized spacial score (nSPS) is 20.9. The first-order valence-electron chi connectivity index (χ1n) is 11.8. The molecule has 1 atom stereocenters. The van der Waals surface area contributed by atoms with E-state index in [1.807, 2.05) is 6.07 Å². The lowest BCUT2D eigenvalue weighted by Crippen LogP contribution is -2.39. The number of halogens is 2. The third-order valence-electron chi connectivity index (χ3n) is 6.71. The van der Waals surface area contributed by atoms with Crippen molar-refractivity contribution in [1.29, 1.82) is 0 Å². The van der Waals surface area contributed by atoms with Crippen LogP contribution < -0.4 is 10.2 Å². The van der Waals surface area contributed by atoms with Gasteiger partial charge in [-0.3, -0.25) is 14.6 Å². The molecule has 0 saturated carbocycles. The van der Waals surface area contributed by atoms with Crippen LogP contribution in [0.5, 0.6) is 0 Å². The number of hydrogen-bond acceptors (Lipinski definition) is 5. The first kappa shape index (κ1) is 24.8. The van der Waals surface area contributed by atoms with E-state index in [-0.39, 0.29) is 24.5 Å². The lowest BCUT2D eigenvalue weighted by Gasteiger charge is -2.33. The minimum absolute atomic E-state index is 0.0791. The van der Waals surface area contributed by atoms with Crippen LogP contribution in [0, 0.1) is 0 Å². The van der Waals surface area contributed by atoms with E-state index in [4.69, 9.17) is 32.7 Å². The molecule has 36 heavy (non-hydrogen) atoms. The summed E-state index contributed by atoms with van der Waals surface area (Å²) >= 11 is 12.6. The molecule has 8 nitrogen and oxygen atoms in total. The topological polar surface area (TPSA) is 78.8 Å². The maximum Gasteiger partial charge on any atom is 0.262 e. The monoisotopic (exact) mass is 527 g/mol. The average Bonchev–Trinajstić information content (AvgIpc) is 3.42. The summed E-state index contributed by atoms with van der Waals surface area (Å²) in [4.78, 5) is 25.4. The van der Waals surface area contributed by atoms with Crippen molar-refractivity contribution in [2.75, 3.05) is 36.7 Å². The standard InChI is InChI=1S/C26H27Cl2N5O3/c1-16-24(36-15-33(25(16)34)23-21(27)4-3-5-22(23)28)31-26(29-2)30-19-7-6-18-13-32(10-8-17(18)12-19)20-9-11-35-14-20/h3-7,12,20H,2,8-11,13-15H2,1H3,(H,30,31). The van der Waals surface area contributed by atoms with Gasteiger partial charge in [0.15, 0.2) is 6.73 Å². The number of amides is 1. The second-order valence-electron chi connectivity index (χ2n) is 8.95. The SMILES string of the molecule is C=N/C(=N\C1=C(C)C(=O)N(c2c(Cl)cccc2Cl)CO1)Nc1ccc2c(c1)CCN(C1CCOC1)C2. The summed E-state index contributed by atoms with van der Waals surface area (Å²) in [5.74, 6) is 0.105. The fourth-order valence-electron chi connectivity index (χ4n) is 4.72. The smallest absolute Gasteiger partial charge is 0.262 e. The number of carbonyl (C=O) groups excluding carboxylic acids is 1. The molecular weight excluding hydrogens is 501 g/mol. The number of carbonyl (C=O) groups is 1. The van der Waals surface area contributed by atoms with Crippen molar-refractivity contribution in [2.45, 2.75) is 32.4 Å². The summed E-state index contributed by atoms with van der Waals surface area (Å²) in [7, 11) is 0. The lowest BCUT2D eigenvalue weighted by atomic mass is 9.97. The van der Waals surface area contributed by atoms with Gasteiger partial charge in [-0.2, -0.15) is 4.99 Å². The Labute approximate surface area is 220 Å². The van der Waals surface area contributed by atoms with Crippen molar-refractivity contribution in [3.05, 3.63) is 69.0 Å². The molecule has 1 saturated heterocycles. The summed E-state index contributed by atoms with van der Waals surface area (Å²) in [6.07, 6.45) is 2.07. The largest absolute Gasteiger partial charge is 0.455 e. The maximum atomic E-state index is 13.1. The van der Waals surface area contributed by atoms with Crippen LogP contribution in [-0.4, -0.2) is 56.0 Å². The van der Waals surface area contributed by atoms with Gasteiger partial charge in [0.2, 0.25) is 11.8 Å². The highest BCUT2D eigenvalue weighted by Crippen LogP contribution is 2.36. The summed E-state index contributed by atoms with van der Waals surface area (Å²) in [5, 5.41) is 3.92. The van der Waals surface area contributed by atoms with Crippen molar-refractivity contribution in [3.63, 3.8) is 0 Å². The van der Waals surface area contributed by atoms with E-state index in [1.54, 1.807) is 25.1 Å². The third kappa shape index (κ3) is 4.99. The third-order valence-corrected chi connectivity index (χ3v) is 7.32. The van der Waals surface area contributed by atoms with E-state index in [0.29, 0.717) is 27.3 Å². The van der Waals surface area contributed by atoms with E-state index in [1.165, 1.54) is 16.0 Å². The molecule has 5 rings (SSSR count). The molecular formula is C26H27Cl2N5O3. The van der Waals surface area contributed by atoms with Gasteiger partial charge in [-0.05, 0) is 61.9 Å². The summed E-state index contributed by atoms with van der Waals surface area (Å²) in [6, 6.07) is 11.8. The molecule has 3 aliphatic rings. The molecule has 3 aliphatic heterocycles. The van der Waals surface area contributed by atoms with E-state index in [2.05, 4.69) is 39.1 Å². The van der Waals surface area contributed by atoms with Crippen LogP contribution in [0.4, 0.5) is 11.4 Å². The molecule has 0 aromatic heterocycles. The van der Waals surface area contributed by atoms with Crippen LogP contribution in [0.15, 0.2) is 57.8 Å². The Kier molecular flexibility index (Phi) is 7.29. The predicted molar refractivity (Wildman–Crippen MR) is 143 cm³/mol. The van der Waals surface area contributed by atoms with Crippen molar-refractivity contribution in [1.82, 2.24) is 4.90 Å². The van der Waals surface area contributed by atoms with Crippen LogP contribution in [0.1, 0.15) is 24.5 Å². The Morgan fingerprint density at radius 3 is 2.72 bits per heavy atom. The number of fused-ring (bicyclic) bond motifs is 1. The van der Waals surface area contributed by atoms with Crippen LogP contribution in [-0.2, 0) is 27.2 Å². The molecule has 1 amide bonds. The molecule has 3 heterocycles. The molecule has 0 aliphatic carbocycles. The number of guanidine groups is 1. The number of anilines is 2. The summed E-state index contributed by atoms with van der Waals surface area (Å²) < 4.78 is 11.4. The van der Waals surface area contributed by atoms with Crippen molar-refractivity contribution in [3.8, 4) is 0 Å². The van der Waals surface area contributed by atoms with Gasteiger partial charge in [-0.1, -0.05) is 35.3 Å². The molecule has 0 radical (unpaired) electrons. The van der Waals surface area contributed by atoms with Gasteiger partial charge in [-0.25, -0.2) is 4.99 Å². The minimum Gasteiger partial charge on any atom is -0.455 e. The van der Waals surface area contributed by atoms with Crippen LogP contribution in [0.25, 0.3) is 0 Å². The Balaban J connectivity index is 1.31. The van der Waals surface area contributed by atoms with Gasteiger partial charge in [0, 0.05) is 31.4 Å². The second kappa shape index (κ2) is 10.6. The van der Waals surface area contributed by atoms with Gasteiger partial charge in [-0.15, -0.1) is 0 Å². The fraction of sp³-hybridized carbons (Fsp3) is 0.346. The molecule has 1 N–H and O–H groups in total. The highest BCUT2D eigenvalue weighted by atomic mass is 35.5. The van der Waals surface area contributed by atoms with E-state index < -0.39 is 0 Å². The summed E-state index contributed by atoms with van der Waals surface area (Å²) in [5.41, 5.74) is 4.18. The molecule has 10 heteroatoms. The maximum absolute atomic E-state index is 13.1.